The fourth-order valence-corrected chi connectivity index (χ4v) is 2.79. The zero-order chi connectivity index (χ0) is 16.1. The van der Waals surface area contributed by atoms with Gasteiger partial charge in [0.2, 0.25) is 5.91 Å². The summed E-state index contributed by atoms with van der Waals surface area (Å²) in [5, 5.41) is 5.07. The predicted molar refractivity (Wildman–Crippen MR) is 96.7 cm³/mol. The number of ether oxygens (including phenoxy) is 2. The highest BCUT2D eigenvalue weighted by atomic mass is 35.5. The van der Waals surface area contributed by atoms with E-state index < -0.39 is 5.54 Å². The third-order valence-electron chi connectivity index (χ3n) is 4.23. The quantitative estimate of drug-likeness (QED) is 0.811. The van der Waals surface area contributed by atoms with E-state index in [4.69, 9.17) is 15.2 Å². The summed E-state index contributed by atoms with van der Waals surface area (Å²) in [6, 6.07) is 14.0. The molecule has 0 spiro atoms. The fraction of sp³-hybridized carbons (Fsp3) is 0.389. The van der Waals surface area contributed by atoms with Gasteiger partial charge in [0.1, 0.15) is 12.4 Å². The average molecular weight is 351 g/mol. The molecule has 3 rings (SSSR count). The molecule has 1 amide bonds. The number of hydrogen-bond acceptors (Lipinski definition) is 4. The Labute approximate surface area is 147 Å². The summed E-state index contributed by atoms with van der Waals surface area (Å²) in [6.07, 6.45) is 1.12. The summed E-state index contributed by atoms with van der Waals surface area (Å²) in [5.41, 5.74) is 5.33. The van der Waals surface area contributed by atoms with E-state index in [1.165, 1.54) is 0 Å². The number of nitrogens with two attached hydrogens (primary N) is 1. The SMILES string of the molecule is Cl.NC1(C(=O)NCCOc2cccc3ccccc23)CCOCC1. The Balaban J connectivity index is 0.00000208. The smallest absolute Gasteiger partial charge is 0.240 e. The second kappa shape index (κ2) is 8.33. The van der Waals surface area contributed by atoms with Crippen molar-refractivity contribution in [3.8, 4) is 5.75 Å². The Kier molecular flexibility index (Phi) is 6.43. The molecule has 6 heteroatoms. The molecule has 1 aliphatic heterocycles. The molecule has 5 nitrogen and oxygen atoms in total. The molecule has 0 aliphatic carbocycles. The molecule has 0 aromatic heterocycles. The lowest BCUT2D eigenvalue weighted by Crippen LogP contribution is -2.57. The van der Waals surface area contributed by atoms with E-state index in [1.807, 2.05) is 42.5 Å². The van der Waals surface area contributed by atoms with Crippen LogP contribution in [0.15, 0.2) is 42.5 Å². The molecule has 2 aromatic carbocycles. The van der Waals surface area contributed by atoms with Crippen LogP contribution in [-0.4, -0.2) is 37.8 Å². The molecular formula is C18H23ClN2O3. The van der Waals surface area contributed by atoms with Crippen LogP contribution in [0.1, 0.15) is 12.8 Å². The van der Waals surface area contributed by atoms with Crippen molar-refractivity contribution in [1.82, 2.24) is 5.32 Å². The number of carbonyl (C=O) groups is 1. The van der Waals surface area contributed by atoms with Gasteiger partial charge < -0.3 is 20.5 Å². The van der Waals surface area contributed by atoms with Crippen molar-refractivity contribution in [3.63, 3.8) is 0 Å². The Hall–Kier alpha value is -1.82. The number of rotatable bonds is 5. The molecule has 2 aromatic rings. The lowest BCUT2D eigenvalue weighted by atomic mass is 9.90. The maximum Gasteiger partial charge on any atom is 0.240 e. The lowest BCUT2D eigenvalue weighted by Gasteiger charge is -2.31. The Morgan fingerprint density at radius 1 is 1.17 bits per heavy atom. The molecule has 0 bridgehead atoms. The van der Waals surface area contributed by atoms with Crippen LogP contribution in [0.2, 0.25) is 0 Å². The third-order valence-corrected chi connectivity index (χ3v) is 4.23. The van der Waals surface area contributed by atoms with Crippen molar-refractivity contribution in [2.75, 3.05) is 26.4 Å². The van der Waals surface area contributed by atoms with Gasteiger partial charge in [0.05, 0.1) is 12.1 Å². The fourth-order valence-electron chi connectivity index (χ4n) is 2.79. The van der Waals surface area contributed by atoms with Crippen molar-refractivity contribution in [1.29, 1.82) is 0 Å². The summed E-state index contributed by atoms with van der Waals surface area (Å²) < 4.78 is 11.1. The van der Waals surface area contributed by atoms with Gasteiger partial charge >= 0.3 is 0 Å². The van der Waals surface area contributed by atoms with E-state index in [0.29, 0.717) is 39.2 Å². The van der Waals surface area contributed by atoms with Gasteiger partial charge in [-0.1, -0.05) is 36.4 Å². The molecule has 3 N–H and O–H groups in total. The van der Waals surface area contributed by atoms with Crippen LogP contribution in [-0.2, 0) is 9.53 Å². The number of benzene rings is 2. The van der Waals surface area contributed by atoms with Crippen LogP contribution in [0, 0.1) is 0 Å². The highest BCUT2D eigenvalue weighted by Gasteiger charge is 2.35. The van der Waals surface area contributed by atoms with E-state index in [2.05, 4.69) is 5.32 Å². The van der Waals surface area contributed by atoms with Gasteiger partial charge in [0.25, 0.3) is 0 Å². The Bertz CT molecular complexity index is 682. The molecule has 1 aliphatic rings. The molecule has 130 valence electrons. The van der Waals surface area contributed by atoms with Crippen molar-refractivity contribution in [2.45, 2.75) is 18.4 Å². The topological polar surface area (TPSA) is 73.6 Å². The molecule has 0 radical (unpaired) electrons. The zero-order valence-corrected chi connectivity index (χ0v) is 14.3. The molecular weight excluding hydrogens is 328 g/mol. The van der Waals surface area contributed by atoms with E-state index in [9.17, 15) is 4.79 Å². The Morgan fingerprint density at radius 2 is 1.88 bits per heavy atom. The van der Waals surface area contributed by atoms with E-state index >= 15 is 0 Å². The summed E-state index contributed by atoms with van der Waals surface area (Å²) in [6.45, 7) is 1.92. The summed E-state index contributed by atoms with van der Waals surface area (Å²) in [5.74, 6) is 0.702. The van der Waals surface area contributed by atoms with Gasteiger partial charge in [0.15, 0.2) is 0 Å². The second-order valence-electron chi connectivity index (χ2n) is 5.85. The standard InChI is InChI=1S/C18H22N2O3.ClH/c19-18(8-11-22-12-9-18)17(21)20-10-13-23-16-7-3-5-14-4-1-2-6-15(14)16;/h1-7H,8-13,19H2,(H,20,21);1H. The van der Waals surface area contributed by atoms with Crippen molar-refractivity contribution in [2.24, 2.45) is 5.73 Å². The Morgan fingerprint density at radius 3 is 2.67 bits per heavy atom. The molecule has 0 saturated carbocycles. The van der Waals surface area contributed by atoms with Gasteiger partial charge in [-0.25, -0.2) is 0 Å². The highest BCUT2D eigenvalue weighted by molar-refractivity contribution is 5.88. The normalized spacial score (nSPS) is 16.2. The molecule has 1 saturated heterocycles. The van der Waals surface area contributed by atoms with Crippen LogP contribution in [0.5, 0.6) is 5.75 Å². The van der Waals surface area contributed by atoms with Crippen LogP contribution in [0.25, 0.3) is 10.8 Å². The molecule has 0 unspecified atom stereocenters. The maximum absolute atomic E-state index is 12.2. The van der Waals surface area contributed by atoms with Crippen LogP contribution in [0.3, 0.4) is 0 Å². The largest absolute Gasteiger partial charge is 0.491 e. The van der Waals surface area contributed by atoms with E-state index in [0.717, 1.165) is 16.5 Å². The van der Waals surface area contributed by atoms with E-state index in [-0.39, 0.29) is 18.3 Å². The first kappa shape index (κ1) is 18.5. The summed E-state index contributed by atoms with van der Waals surface area (Å²) in [7, 11) is 0. The van der Waals surface area contributed by atoms with Crippen LogP contribution < -0.4 is 15.8 Å². The van der Waals surface area contributed by atoms with E-state index in [1.54, 1.807) is 0 Å². The molecule has 1 heterocycles. The number of fused-ring (bicyclic) bond motifs is 1. The van der Waals surface area contributed by atoms with Crippen LogP contribution >= 0.6 is 12.4 Å². The predicted octanol–water partition coefficient (Wildman–Crippen LogP) is 2.26. The minimum Gasteiger partial charge on any atom is -0.491 e. The number of hydrogen-bond donors (Lipinski definition) is 2. The first-order chi connectivity index (χ1) is 11.2. The first-order valence-electron chi connectivity index (χ1n) is 7.94. The van der Waals surface area contributed by atoms with Gasteiger partial charge in [-0.05, 0) is 24.3 Å². The number of carbonyl (C=O) groups excluding carboxylic acids is 1. The number of nitrogens with one attached hydrogen (secondary N) is 1. The number of amides is 1. The van der Waals surface area contributed by atoms with Crippen molar-refractivity contribution >= 4 is 29.1 Å². The van der Waals surface area contributed by atoms with Gasteiger partial charge in [0, 0.05) is 18.6 Å². The van der Waals surface area contributed by atoms with Crippen molar-refractivity contribution in [3.05, 3.63) is 42.5 Å². The average Bonchev–Trinajstić information content (AvgIpc) is 2.59. The summed E-state index contributed by atoms with van der Waals surface area (Å²) >= 11 is 0. The minimum absolute atomic E-state index is 0. The zero-order valence-electron chi connectivity index (χ0n) is 13.5. The summed E-state index contributed by atoms with van der Waals surface area (Å²) in [4.78, 5) is 12.2. The minimum atomic E-state index is -0.808. The lowest BCUT2D eigenvalue weighted by molar-refractivity contribution is -0.129. The third kappa shape index (κ3) is 4.17. The highest BCUT2D eigenvalue weighted by Crippen LogP contribution is 2.25. The molecule has 0 atom stereocenters. The van der Waals surface area contributed by atoms with Crippen LogP contribution in [0.4, 0.5) is 0 Å². The monoisotopic (exact) mass is 350 g/mol. The number of halogens is 1. The first-order valence-corrected chi connectivity index (χ1v) is 7.94. The maximum atomic E-state index is 12.2. The molecule has 1 fully saturated rings. The molecule has 24 heavy (non-hydrogen) atoms. The van der Waals surface area contributed by atoms with Gasteiger partial charge in [-0.3, -0.25) is 4.79 Å². The van der Waals surface area contributed by atoms with Crippen molar-refractivity contribution < 1.29 is 14.3 Å². The van der Waals surface area contributed by atoms with Gasteiger partial charge in [-0.15, -0.1) is 12.4 Å². The second-order valence-corrected chi connectivity index (χ2v) is 5.85. The van der Waals surface area contributed by atoms with Gasteiger partial charge in [-0.2, -0.15) is 0 Å².